The molecule has 1 aromatic rings. The van der Waals surface area contributed by atoms with Gasteiger partial charge in [0.05, 0.1) is 17.1 Å². The summed E-state index contributed by atoms with van der Waals surface area (Å²) >= 11 is 0. The van der Waals surface area contributed by atoms with Crippen LogP contribution in [-0.4, -0.2) is 35.9 Å². The lowest BCUT2D eigenvalue weighted by Crippen LogP contribution is -2.51. The molecule has 2 N–H and O–H groups in total. The highest BCUT2D eigenvalue weighted by molar-refractivity contribution is 5.92. The number of amides is 1. The van der Waals surface area contributed by atoms with E-state index in [1.165, 1.54) is 6.39 Å². The van der Waals surface area contributed by atoms with Crippen LogP contribution in [0.2, 0.25) is 0 Å². The fraction of sp³-hybridized carbons (Fsp3) is 0.583. The number of aromatic nitrogens is 1. The molecule has 0 bridgehead atoms. The van der Waals surface area contributed by atoms with Gasteiger partial charge in [0.15, 0.2) is 6.39 Å². The second-order valence-corrected chi connectivity index (χ2v) is 4.77. The molecular weight excluding hydrogens is 232 g/mol. The second-order valence-electron chi connectivity index (χ2n) is 4.77. The number of carbonyl (C=O) groups is 1. The molecule has 18 heavy (non-hydrogen) atoms. The van der Waals surface area contributed by atoms with Crippen LogP contribution in [0.4, 0.5) is 0 Å². The van der Waals surface area contributed by atoms with Crippen LogP contribution in [0.5, 0.6) is 0 Å². The maximum absolute atomic E-state index is 12.0. The molecule has 0 fully saturated rings. The zero-order valence-corrected chi connectivity index (χ0v) is 11.5. The van der Waals surface area contributed by atoms with Crippen LogP contribution in [0, 0.1) is 6.92 Å². The maximum Gasteiger partial charge on any atom is 0.289 e. The van der Waals surface area contributed by atoms with Crippen molar-refractivity contribution < 1.29 is 9.21 Å². The number of nitrogens with one attached hydrogen (secondary N) is 2. The first kappa shape index (κ1) is 14.2. The van der Waals surface area contributed by atoms with Gasteiger partial charge in [-0.1, -0.05) is 0 Å². The van der Waals surface area contributed by atoms with E-state index in [1.54, 1.807) is 14.0 Å². The number of aliphatic imine (C=N–C) groups is 1. The Kier molecular flexibility index (Phi) is 4.47. The molecular formula is C12H20N4O2. The van der Waals surface area contributed by atoms with Crippen molar-refractivity contribution in [1.82, 2.24) is 15.6 Å². The van der Waals surface area contributed by atoms with E-state index in [4.69, 9.17) is 4.42 Å². The number of amidine groups is 1. The highest BCUT2D eigenvalue weighted by Crippen LogP contribution is 2.08. The third kappa shape index (κ3) is 3.87. The number of aryl methyl sites for hydroxylation is 1. The predicted octanol–water partition coefficient (Wildman–Crippen LogP) is 1.13. The smallest absolute Gasteiger partial charge is 0.289 e. The summed E-state index contributed by atoms with van der Waals surface area (Å²) in [5.74, 6) is 0.819. The van der Waals surface area contributed by atoms with Crippen LogP contribution in [0.15, 0.2) is 15.8 Å². The van der Waals surface area contributed by atoms with Gasteiger partial charge in [-0.05, 0) is 27.7 Å². The number of nitrogens with zero attached hydrogens (tertiary/aromatic N) is 2. The summed E-state index contributed by atoms with van der Waals surface area (Å²) < 4.78 is 5.05. The number of hydrogen-bond donors (Lipinski definition) is 2. The van der Waals surface area contributed by atoms with E-state index in [2.05, 4.69) is 20.6 Å². The summed E-state index contributed by atoms with van der Waals surface area (Å²) in [6.07, 6.45) is 1.27. The van der Waals surface area contributed by atoms with Crippen LogP contribution in [-0.2, 0) is 0 Å². The van der Waals surface area contributed by atoms with Gasteiger partial charge >= 0.3 is 0 Å². The van der Waals surface area contributed by atoms with Gasteiger partial charge in [-0.15, -0.1) is 0 Å². The molecule has 1 rings (SSSR count). The zero-order chi connectivity index (χ0) is 13.8. The van der Waals surface area contributed by atoms with Gasteiger partial charge in [0, 0.05) is 13.6 Å². The van der Waals surface area contributed by atoms with Crippen molar-refractivity contribution >= 4 is 11.7 Å². The van der Waals surface area contributed by atoms with Crippen LogP contribution in [0.25, 0.3) is 0 Å². The molecule has 0 unspecified atom stereocenters. The predicted molar refractivity (Wildman–Crippen MR) is 69.8 cm³/mol. The third-order valence-electron chi connectivity index (χ3n) is 2.53. The first-order valence-electron chi connectivity index (χ1n) is 5.75. The Balaban J connectivity index is 2.60. The van der Waals surface area contributed by atoms with Gasteiger partial charge in [0.2, 0.25) is 5.76 Å². The third-order valence-corrected chi connectivity index (χ3v) is 2.53. The first-order chi connectivity index (χ1) is 8.35. The monoisotopic (exact) mass is 252 g/mol. The molecule has 0 aliphatic heterocycles. The highest BCUT2D eigenvalue weighted by atomic mass is 16.3. The molecule has 1 aromatic heterocycles. The van der Waals surface area contributed by atoms with Gasteiger partial charge in [0.1, 0.15) is 0 Å². The molecule has 0 saturated carbocycles. The second kappa shape index (κ2) is 5.66. The summed E-state index contributed by atoms with van der Waals surface area (Å²) in [5, 5.41) is 6.02. The Bertz CT molecular complexity index is 449. The zero-order valence-electron chi connectivity index (χ0n) is 11.5. The molecule has 1 amide bonds. The van der Waals surface area contributed by atoms with Crippen molar-refractivity contribution in [3.63, 3.8) is 0 Å². The minimum absolute atomic E-state index is 0.254. The molecule has 0 atom stereocenters. The first-order valence-corrected chi connectivity index (χ1v) is 5.75. The minimum Gasteiger partial charge on any atom is -0.438 e. The molecule has 0 radical (unpaired) electrons. The Morgan fingerprint density at radius 3 is 2.72 bits per heavy atom. The number of hydrogen-bond acceptors (Lipinski definition) is 4. The van der Waals surface area contributed by atoms with Crippen molar-refractivity contribution in [1.29, 1.82) is 0 Å². The normalized spacial score (nSPS) is 12.4. The van der Waals surface area contributed by atoms with E-state index >= 15 is 0 Å². The Morgan fingerprint density at radius 2 is 2.22 bits per heavy atom. The van der Waals surface area contributed by atoms with Crippen molar-refractivity contribution in [3.8, 4) is 0 Å². The summed E-state index contributed by atoms with van der Waals surface area (Å²) in [7, 11) is 1.71. The molecule has 0 aliphatic rings. The van der Waals surface area contributed by atoms with Crippen molar-refractivity contribution in [2.75, 3.05) is 13.6 Å². The van der Waals surface area contributed by atoms with Crippen molar-refractivity contribution in [2.24, 2.45) is 4.99 Å². The summed E-state index contributed by atoms with van der Waals surface area (Å²) in [4.78, 5) is 19.8. The molecule has 100 valence electrons. The van der Waals surface area contributed by atoms with E-state index in [9.17, 15) is 4.79 Å². The lowest BCUT2D eigenvalue weighted by molar-refractivity contribution is 0.0884. The van der Waals surface area contributed by atoms with Gasteiger partial charge in [-0.25, -0.2) is 4.98 Å². The quantitative estimate of drug-likeness (QED) is 0.622. The van der Waals surface area contributed by atoms with Crippen molar-refractivity contribution in [2.45, 2.75) is 33.2 Å². The summed E-state index contributed by atoms with van der Waals surface area (Å²) in [6, 6.07) is 0. The van der Waals surface area contributed by atoms with Gasteiger partial charge in [-0.2, -0.15) is 0 Å². The molecule has 0 aliphatic carbocycles. The molecule has 6 heteroatoms. The fourth-order valence-corrected chi connectivity index (χ4v) is 1.36. The van der Waals surface area contributed by atoms with E-state index in [1.807, 2.05) is 20.8 Å². The SMILES string of the molecule is CN=C(C)NCC(C)(C)NC(=O)c1ocnc1C. The summed E-state index contributed by atoms with van der Waals surface area (Å²) in [6.45, 7) is 8.03. The molecule has 0 aromatic carbocycles. The van der Waals surface area contributed by atoms with Gasteiger partial charge in [0.25, 0.3) is 5.91 Å². The Labute approximate surface area is 107 Å². The average molecular weight is 252 g/mol. The number of oxazole rings is 1. The average Bonchev–Trinajstić information content (AvgIpc) is 2.72. The molecule has 1 heterocycles. The van der Waals surface area contributed by atoms with Crippen LogP contribution in [0.3, 0.4) is 0 Å². The maximum atomic E-state index is 12.0. The fourth-order valence-electron chi connectivity index (χ4n) is 1.36. The van der Waals surface area contributed by atoms with Crippen molar-refractivity contribution in [3.05, 3.63) is 17.8 Å². The number of rotatable bonds is 4. The minimum atomic E-state index is -0.414. The van der Waals surface area contributed by atoms with E-state index in [0.29, 0.717) is 12.2 Å². The lowest BCUT2D eigenvalue weighted by Gasteiger charge is -2.26. The topological polar surface area (TPSA) is 79.5 Å². The van der Waals surface area contributed by atoms with Gasteiger partial charge in [-0.3, -0.25) is 9.79 Å². The summed E-state index contributed by atoms with van der Waals surface area (Å²) in [5.41, 5.74) is 0.171. The van der Waals surface area contributed by atoms with Crippen LogP contribution < -0.4 is 10.6 Å². The van der Waals surface area contributed by atoms with E-state index in [-0.39, 0.29) is 11.7 Å². The Morgan fingerprint density at radius 1 is 1.56 bits per heavy atom. The van der Waals surface area contributed by atoms with Crippen LogP contribution in [0.1, 0.15) is 37.0 Å². The molecule has 0 spiro atoms. The molecule has 0 saturated heterocycles. The lowest BCUT2D eigenvalue weighted by atomic mass is 10.1. The van der Waals surface area contributed by atoms with E-state index < -0.39 is 5.54 Å². The highest BCUT2D eigenvalue weighted by Gasteiger charge is 2.24. The van der Waals surface area contributed by atoms with Crippen LogP contribution >= 0.6 is 0 Å². The molecule has 6 nitrogen and oxygen atoms in total. The Hall–Kier alpha value is -1.85. The number of carbonyl (C=O) groups excluding carboxylic acids is 1. The largest absolute Gasteiger partial charge is 0.438 e. The standard InChI is InChI=1S/C12H20N4O2/c1-8-10(18-7-15-8)11(17)16-12(3,4)6-14-9(2)13-5/h7H,6H2,1-5H3,(H,13,14)(H,16,17). The van der Waals surface area contributed by atoms with E-state index in [0.717, 1.165) is 5.84 Å². The van der Waals surface area contributed by atoms with Gasteiger partial charge < -0.3 is 15.1 Å².